The summed E-state index contributed by atoms with van der Waals surface area (Å²) in [6, 6.07) is 15.9. The molecule has 32 heavy (non-hydrogen) atoms. The fourth-order valence-corrected chi connectivity index (χ4v) is 3.50. The van der Waals surface area contributed by atoms with E-state index in [0.29, 0.717) is 22.6 Å². The Kier molecular flexibility index (Phi) is 6.03. The maximum atomic E-state index is 13.8. The third kappa shape index (κ3) is 4.54. The van der Waals surface area contributed by atoms with Gasteiger partial charge < -0.3 is 14.6 Å². The molecule has 2 aromatic carbocycles. The lowest BCUT2D eigenvalue weighted by Crippen LogP contribution is -2.24. The molecular formula is C26H24FN3O2. The molecule has 0 aliphatic carbocycles. The molecule has 0 fully saturated rings. The Balaban J connectivity index is 1.51. The van der Waals surface area contributed by atoms with Gasteiger partial charge in [0.1, 0.15) is 17.3 Å². The first-order valence-corrected chi connectivity index (χ1v) is 10.3. The van der Waals surface area contributed by atoms with Crippen molar-refractivity contribution in [3.63, 3.8) is 0 Å². The van der Waals surface area contributed by atoms with E-state index in [9.17, 15) is 9.18 Å². The van der Waals surface area contributed by atoms with Crippen molar-refractivity contribution in [3.05, 3.63) is 101 Å². The SMILES string of the molecule is Cc1c(F)cccc1CNC(=O)c1cccc(Oc2ccnc(-c3ccn(C)c3)c2)c1C. The monoisotopic (exact) mass is 429 g/mol. The Labute approximate surface area is 186 Å². The molecule has 0 spiro atoms. The maximum Gasteiger partial charge on any atom is 0.251 e. The van der Waals surface area contributed by atoms with Crippen LogP contribution in [0.2, 0.25) is 0 Å². The van der Waals surface area contributed by atoms with Gasteiger partial charge in [0.15, 0.2) is 0 Å². The lowest BCUT2D eigenvalue weighted by Gasteiger charge is -2.14. The molecule has 4 aromatic rings. The van der Waals surface area contributed by atoms with Crippen LogP contribution in [0, 0.1) is 19.7 Å². The molecule has 1 N–H and O–H groups in total. The Morgan fingerprint density at radius 1 is 1.09 bits per heavy atom. The maximum absolute atomic E-state index is 13.8. The molecule has 0 radical (unpaired) electrons. The number of benzene rings is 2. The summed E-state index contributed by atoms with van der Waals surface area (Å²) in [7, 11) is 1.96. The number of rotatable bonds is 6. The Hall–Kier alpha value is -3.93. The van der Waals surface area contributed by atoms with Crippen molar-refractivity contribution in [2.24, 2.45) is 7.05 Å². The van der Waals surface area contributed by atoms with Crippen molar-refractivity contribution in [1.29, 1.82) is 0 Å². The van der Waals surface area contributed by atoms with Gasteiger partial charge in [0.2, 0.25) is 0 Å². The lowest BCUT2D eigenvalue weighted by molar-refractivity contribution is 0.0950. The van der Waals surface area contributed by atoms with Crippen LogP contribution in [0.25, 0.3) is 11.3 Å². The lowest BCUT2D eigenvalue weighted by atomic mass is 10.1. The van der Waals surface area contributed by atoms with Crippen LogP contribution in [0.3, 0.4) is 0 Å². The quantitative estimate of drug-likeness (QED) is 0.436. The normalized spacial score (nSPS) is 10.8. The first kappa shape index (κ1) is 21.3. The minimum absolute atomic E-state index is 0.240. The molecule has 2 heterocycles. The first-order chi connectivity index (χ1) is 15.4. The van der Waals surface area contributed by atoms with Crippen LogP contribution in [0.15, 0.2) is 73.2 Å². The summed E-state index contributed by atoms with van der Waals surface area (Å²) in [5, 5.41) is 2.87. The Bertz CT molecular complexity index is 1280. The fraction of sp³-hybridized carbons (Fsp3) is 0.154. The van der Waals surface area contributed by atoms with Crippen molar-refractivity contribution < 1.29 is 13.9 Å². The fourth-order valence-electron chi connectivity index (χ4n) is 3.50. The van der Waals surface area contributed by atoms with Gasteiger partial charge in [-0.15, -0.1) is 0 Å². The highest BCUT2D eigenvalue weighted by molar-refractivity contribution is 5.96. The molecule has 0 aliphatic rings. The number of nitrogens with zero attached hydrogens (tertiary/aromatic N) is 2. The molecule has 0 saturated carbocycles. The number of hydrogen-bond acceptors (Lipinski definition) is 3. The number of carbonyl (C=O) groups is 1. The van der Waals surface area contributed by atoms with E-state index in [4.69, 9.17) is 4.74 Å². The zero-order valence-electron chi connectivity index (χ0n) is 18.2. The minimum atomic E-state index is -0.282. The molecule has 0 unspecified atom stereocenters. The van der Waals surface area contributed by atoms with Crippen molar-refractivity contribution in [2.45, 2.75) is 20.4 Å². The van der Waals surface area contributed by atoms with Gasteiger partial charge in [-0.25, -0.2) is 4.39 Å². The van der Waals surface area contributed by atoms with E-state index in [1.807, 2.05) is 49.1 Å². The number of amides is 1. The summed E-state index contributed by atoms with van der Waals surface area (Å²) in [5.41, 5.74) is 4.31. The predicted molar refractivity (Wildman–Crippen MR) is 122 cm³/mol. The number of carbonyl (C=O) groups excluding carboxylic acids is 1. The topological polar surface area (TPSA) is 56.1 Å². The first-order valence-electron chi connectivity index (χ1n) is 10.3. The Morgan fingerprint density at radius 3 is 2.69 bits per heavy atom. The van der Waals surface area contributed by atoms with Gasteiger partial charge in [-0.3, -0.25) is 9.78 Å². The molecular weight excluding hydrogens is 405 g/mol. The molecule has 0 atom stereocenters. The molecule has 5 nitrogen and oxygen atoms in total. The van der Waals surface area contributed by atoms with Gasteiger partial charge in [0.05, 0.1) is 5.69 Å². The van der Waals surface area contributed by atoms with E-state index in [0.717, 1.165) is 22.4 Å². The molecule has 4 rings (SSSR count). The molecule has 1 amide bonds. The molecule has 0 aliphatic heterocycles. The van der Waals surface area contributed by atoms with E-state index < -0.39 is 0 Å². The number of aromatic nitrogens is 2. The van der Waals surface area contributed by atoms with Crippen molar-refractivity contribution in [1.82, 2.24) is 14.9 Å². The summed E-state index contributed by atoms with van der Waals surface area (Å²) in [4.78, 5) is 17.2. The standard InChI is InChI=1S/C26H24FN3O2/c1-17-19(6-4-8-23(17)27)15-29-26(31)22-7-5-9-25(18(22)2)32-21-10-12-28-24(14-21)20-11-13-30(3)16-20/h4-14,16H,15H2,1-3H3,(H,29,31). The molecule has 6 heteroatoms. The molecule has 0 bridgehead atoms. The van der Waals surface area contributed by atoms with E-state index >= 15 is 0 Å². The van der Waals surface area contributed by atoms with Crippen molar-refractivity contribution in [3.8, 4) is 22.8 Å². The number of hydrogen-bond donors (Lipinski definition) is 1. The molecule has 2 aromatic heterocycles. The average molecular weight is 429 g/mol. The van der Waals surface area contributed by atoms with Crippen LogP contribution in [0.5, 0.6) is 11.5 Å². The summed E-state index contributed by atoms with van der Waals surface area (Å²) in [6.07, 6.45) is 5.65. The zero-order valence-corrected chi connectivity index (χ0v) is 18.2. The number of nitrogens with one attached hydrogen (secondary N) is 1. The number of pyridine rings is 1. The highest BCUT2D eigenvalue weighted by atomic mass is 19.1. The van der Waals surface area contributed by atoms with E-state index in [1.54, 1.807) is 43.5 Å². The van der Waals surface area contributed by atoms with Gasteiger partial charge in [0.25, 0.3) is 5.91 Å². The largest absolute Gasteiger partial charge is 0.457 e. The third-order valence-corrected chi connectivity index (χ3v) is 5.43. The van der Waals surface area contributed by atoms with Crippen LogP contribution >= 0.6 is 0 Å². The highest BCUT2D eigenvalue weighted by Crippen LogP contribution is 2.29. The predicted octanol–water partition coefficient (Wildman–Crippen LogP) is 5.57. The summed E-state index contributed by atoms with van der Waals surface area (Å²) >= 11 is 0. The van der Waals surface area contributed by atoms with Crippen molar-refractivity contribution >= 4 is 5.91 Å². The number of ether oxygens (including phenoxy) is 1. The van der Waals surface area contributed by atoms with Crippen molar-refractivity contribution in [2.75, 3.05) is 0 Å². The van der Waals surface area contributed by atoms with E-state index in [-0.39, 0.29) is 18.3 Å². The number of halogens is 1. The van der Waals surface area contributed by atoms with Crippen LogP contribution in [-0.2, 0) is 13.6 Å². The highest BCUT2D eigenvalue weighted by Gasteiger charge is 2.14. The zero-order chi connectivity index (χ0) is 22.7. The summed E-state index contributed by atoms with van der Waals surface area (Å²) in [6.45, 7) is 3.80. The van der Waals surface area contributed by atoms with Crippen LogP contribution in [-0.4, -0.2) is 15.5 Å². The smallest absolute Gasteiger partial charge is 0.251 e. The summed E-state index contributed by atoms with van der Waals surface area (Å²) in [5.74, 6) is 0.701. The van der Waals surface area contributed by atoms with Crippen LogP contribution in [0.4, 0.5) is 4.39 Å². The van der Waals surface area contributed by atoms with Crippen LogP contribution < -0.4 is 10.1 Å². The molecule has 0 saturated heterocycles. The summed E-state index contributed by atoms with van der Waals surface area (Å²) < 4.78 is 21.8. The number of aryl methyl sites for hydroxylation is 1. The third-order valence-electron chi connectivity index (χ3n) is 5.43. The minimum Gasteiger partial charge on any atom is -0.457 e. The second kappa shape index (κ2) is 9.06. The van der Waals surface area contributed by atoms with Crippen LogP contribution in [0.1, 0.15) is 27.0 Å². The van der Waals surface area contributed by atoms with Gasteiger partial charge in [-0.1, -0.05) is 18.2 Å². The second-order valence-electron chi connectivity index (χ2n) is 7.68. The van der Waals surface area contributed by atoms with Gasteiger partial charge in [0, 0.05) is 54.9 Å². The van der Waals surface area contributed by atoms with E-state index in [2.05, 4.69) is 10.3 Å². The average Bonchev–Trinajstić information content (AvgIpc) is 3.22. The Morgan fingerprint density at radius 2 is 1.91 bits per heavy atom. The van der Waals surface area contributed by atoms with Gasteiger partial charge in [-0.2, -0.15) is 0 Å². The van der Waals surface area contributed by atoms with Gasteiger partial charge >= 0.3 is 0 Å². The van der Waals surface area contributed by atoms with Gasteiger partial charge in [-0.05, 0) is 55.3 Å². The second-order valence-corrected chi connectivity index (χ2v) is 7.68. The van der Waals surface area contributed by atoms with E-state index in [1.165, 1.54) is 6.07 Å². The molecule has 162 valence electrons.